The third-order valence-electron chi connectivity index (χ3n) is 2.70. The summed E-state index contributed by atoms with van der Waals surface area (Å²) in [6.45, 7) is 3.18. The van der Waals surface area contributed by atoms with Gasteiger partial charge in [-0.05, 0) is 25.8 Å². The van der Waals surface area contributed by atoms with E-state index in [4.69, 9.17) is 14.2 Å². The van der Waals surface area contributed by atoms with Crippen molar-refractivity contribution in [2.75, 3.05) is 40.1 Å². The number of hydrogen-bond donors (Lipinski definition) is 1. The minimum atomic E-state index is -0.134. The Bertz CT molecular complexity index is 205. The Morgan fingerprint density at radius 1 is 1.29 bits per heavy atom. The first kappa shape index (κ1) is 14.4. The lowest BCUT2D eigenvalue weighted by Crippen LogP contribution is -2.26. The van der Waals surface area contributed by atoms with E-state index in [-0.39, 0.29) is 5.97 Å². The zero-order valence-electron chi connectivity index (χ0n) is 10.6. The number of hydrogen-bond acceptors (Lipinski definition) is 5. The van der Waals surface area contributed by atoms with Crippen LogP contribution in [-0.4, -0.2) is 52.1 Å². The third kappa shape index (κ3) is 7.31. The Morgan fingerprint density at radius 3 is 2.88 bits per heavy atom. The van der Waals surface area contributed by atoms with Crippen molar-refractivity contribution < 1.29 is 19.0 Å². The van der Waals surface area contributed by atoms with Crippen LogP contribution in [0, 0.1) is 0 Å². The zero-order chi connectivity index (χ0) is 12.3. The summed E-state index contributed by atoms with van der Waals surface area (Å²) in [5, 5.41) is 3.27. The van der Waals surface area contributed by atoms with E-state index in [0.717, 1.165) is 25.8 Å². The van der Waals surface area contributed by atoms with Crippen LogP contribution < -0.4 is 5.32 Å². The maximum absolute atomic E-state index is 11.4. The zero-order valence-corrected chi connectivity index (χ0v) is 10.6. The number of esters is 1. The van der Waals surface area contributed by atoms with Gasteiger partial charge in [0.25, 0.3) is 0 Å². The minimum absolute atomic E-state index is 0.134. The van der Waals surface area contributed by atoms with Crippen LogP contribution in [0.25, 0.3) is 0 Å². The second-order valence-electron chi connectivity index (χ2n) is 4.18. The number of methoxy groups -OCH3 is 1. The highest BCUT2D eigenvalue weighted by Gasteiger charge is 2.18. The van der Waals surface area contributed by atoms with Crippen molar-refractivity contribution in [3.63, 3.8) is 0 Å². The topological polar surface area (TPSA) is 56.8 Å². The van der Waals surface area contributed by atoms with E-state index in [1.54, 1.807) is 7.11 Å². The molecule has 0 radical (unpaired) electrons. The van der Waals surface area contributed by atoms with Gasteiger partial charge in [0.1, 0.15) is 6.61 Å². The molecule has 0 aromatic rings. The average molecular weight is 245 g/mol. The quantitative estimate of drug-likeness (QED) is 0.479. The highest BCUT2D eigenvalue weighted by Crippen LogP contribution is 2.09. The number of ether oxygens (including phenoxy) is 3. The highest BCUT2D eigenvalue weighted by atomic mass is 16.6. The predicted molar refractivity (Wildman–Crippen MR) is 63.9 cm³/mol. The Morgan fingerprint density at radius 2 is 2.18 bits per heavy atom. The summed E-state index contributed by atoms with van der Waals surface area (Å²) in [7, 11) is 1.67. The lowest BCUT2D eigenvalue weighted by atomic mass is 10.2. The molecule has 100 valence electrons. The molecule has 17 heavy (non-hydrogen) atoms. The van der Waals surface area contributed by atoms with Gasteiger partial charge in [-0.3, -0.25) is 4.79 Å². The molecule has 1 unspecified atom stereocenters. The fourth-order valence-corrected chi connectivity index (χ4v) is 1.81. The van der Waals surface area contributed by atoms with Crippen molar-refractivity contribution in [2.24, 2.45) is 0 Å². The van der Waals surface area contributed by atoms with Crippen molar-refractivity contribution in [2.45, 2.75) is 31.7 Å². The smallest absolute Gasteiger partial charge is 0.307 e. The average Bonchev–Trinajstić information content (AvgIpc) is 2.80. The summed E-state index contributed by atoms with van der Waals surface area (Å²) in [4.78, 5) is 11.4. The fourth-order valence-electron chi connectivity index (χ4n) is 1.81. The van der Waals surface area contributed by atoms with Crippen LogP contribution in [0.5, 0.6) is 0 Å². The van der Waals surface area contributed by atoms with E-state index in [2.05, 4.69) is 5.32 Å². The van der Waals surface area contributed by atoms with Crippen LogP contribution in [0.4, 0.5) is 0 Å². The Balaban J connectivity index is 1.86. The van der Waals surface area contributed by atoms with Crippen molar-refractivity contribution >= 4 is 5.97 Å². The van der Waals surface area contributed by atoms with Crippen molar-refractivity contribution in [1.82, 2.24) is 5.32 Å². The second-order valence-corrected chi connectivity index (χ2v) is 4.18. The maximum Gasteiger partial charge on any atom is 0.307 e. The van der Waals surface area contributed by atoms with Crippen LogP contribution >= 0.6 is 0 Å². The summed E-state index contributed by atoms with van der Waals surface area (Å²) in [5.41, 5.74) is 0. The largest absolute Gasteiger partial charge is 0.463 e. The van der Waals surface area contributed by atoms with Gasteiger partial charge in [0.05, 0.1) is 13.0 Å². The molecule has 5 heteroatoms. The molecule has 0 aromatic heterocycles. The van der Waals surface area contributed by atoms with Crippen molar-refractivity contribution in [3.8, 4) is 0 Å². The van der Waals surface area contributed by atoms with Gasteiger partial charge in [0, 0.05) is 26.4 Å². The van der Waals surface area contributed by atoms with Gasteiger partial charge < -0.3 is 19.5 Å². The molecule has 0 bridgehead atoms. The molecule has 5 nitrogen and oxygen atoms in total. The molecular formula is C12H23NO4. The molecule has 1 aliphatic heterocycles. The molecule has 0 amide bonds. The molecule has 1 heterocycles. The molecule has 0 aliphatic carbocycles. The first-order chi connectivity index (χ1) is 8.33. The highest BCUT2D eigenvalue weighted by molar-refractivity contribution is 5.70. The van der Waals surface area contributed by atoms with E-state index in [9.17, 15) is 4.79 Å². The molecule has 1 aliphatic rings. The van der Waals surface area contributed by atoms with Crippen molar-refractivity contribution in [3.05, 3.63) is 0 Å². The summed E-state index contributed by atoms with van der Waals surface area (Å²) in [6, 6.07) is 0.310. The van der Waals surface area contributed by atoms with Crippen LogP contribution in [0.1, 0.15) is 25.7 Å². The van der Waals surface area contributed by atoms with E-state index in [1.807, 2.05) is 0 Å². The molecule has 1 saturated heterocycles. The van der Waals surface area contributed by atoms with Gasteiger partial charge in [-0.1, -0.05) is 0 Å². The Hall–Kier alpha value is -0.650. The van der Waals surface area contributed by atoms with Gasteiger partial charge in [0.15, 0.2) is 0 Å². The fraction of sp³-hybridized carbons (Fsp3) is 0.917. The summed E-state index contributed by atoms with van der Waals surface area (Å²) < 4.78 is 15.2. The van der Waals surface area contributed by atoms with Crippen LogP contribution in [-0.2, 0) is 19.0 Å². The molecule has 1 atom stereocenters. The maximum atomic E-state index is 11.4. The molecule has 0 aromatic carbocycles. The third-order valence-corrected chi connectivity index (χ3v) is 2.70. The normalized spacial score (nSPS) is 19.5. The Labute approximate surface area is 103 Å². The number of carbonyl (C=O) groups is 1. The van der Waals surface area contributed by atoms with Gasteiger partial charge in [0.2, 0.25) is 0 Å². The SMILES string of the molecule is COCCCOCCOC(=O)CC1CCCN1. The van der Waals surface area contributed by atoms with Crippen LogP contribution in [0.15, 0.2) is 0 Å². The summed E-state index contributed by atoms with van der Waals surface area (Å²) >= 11 is 0. The van der Waals surface area contributed by atoms with E-state index in [1.165, 1.54) is 0 Å². The number of nitrogens with one attached hydrogen (secondary N) is 1. The van der Waals surface area contributed by atoms with E-state index in [0.29, 0.717) is 38.9 Å². The first-order valence-electron chi connectivity index (χ1n) is 6.28. The minimum Gasteiger partial charge on any atom is -0.463 e. The lowest BCUT2D eigenvalue weighted by molar-refractivity contribution is -0.145. The van der Waals surface area contributed by atoms with Gasteiger partial charge in [-0.2, -0.15) is 0 Å². The molecule has 1 fully saturated rings. The number of carbonyl (C=O) groups excluding carboxylic acids is 1. The summed E-state index contributed by atoms with van der Waals surface area (Å²) in [6.07, 6.45) is 3.57. The van der Waals surface area contributed by atoms with Crippen LogP contribution in [0.3, 0.4) is 0 Å². The van der Waals surface area contributed by atoms with Gasteiger partial charge in [-0.15, -0.1) is 0 Å². The Kier molecular flexibility index (Phi) is 7.96. The van der Waals surface area contributed by atoms with Crippen molar-refractivity contribution in [1.29, 1.82) is 0 Å². The standard InChI is InChI=1S/C12H23NO4/c1-15-6-3-7-16-8-9-17-12(14)10-11-4-2-5-13-11/h11,13H,2-10H2,1H3. The van der Waals surface area contributed by atoms with E-state index < -0.39 is 0 Å². The van der Waals surface area contributed by atoms with Crippen LogP contribution in [0.2, 0.25) is 0 Å². The number of rotatable bonds is 9. The summed E-state index contributed by atoms with van der Waals surface area (Å²) in [5.74, 6) is -0.134. The first-order valence-corrected chi connectivity index (χ1v) is 6.28. The monoisotopic (exact) mass is 245 g/mol. The van der Waals surface area contributed by atoms with E-state index >= 15 is 0 Å². The molecular weight excluding hydrogens is 222 g/mol. The predicted octanol–water partition coefficient (Wildman–Crippen LogP) is 0.725. The van der Waals surface area contributed by atoms with Gasteiger partial charge >= 0.3 is 5.97 Å². The van der Waals surface area contributed by atoms with Gasteiger partial charge in [-0.25, -0.2) is 0 Å². The molecule has 0 saturated carbocycles. The lowest BCUT2D eigenvalue weighted by Gasteiger charge is -2.10. The molecule has 1 rings (SSSR count). The molecule has 0 spiro atoms. The second kappa shape index (κ2) is 9.39. The molecule has 1 N–H and O–H groups in total.